The van der Waals surface area contributed by atoms with Gasteiger partial charge in [-0.05, 0) is 42.9 Å². The van der Waals surface area contributed by atoms with Gasteiger partial charge in [0.25, 0.3) is 0 Å². The standard InChI is InChI=1S/C17H18N2OS/c1-19-11-13-3-6-16(7-4-13)21-12-15-9-14(10-18)5-8-17(15)20-2/h3-9,19H,11-12H2,1-2H3. The average molecular weight is 298 g/mol. The monoisotopic (exact) mass is 298 g/mol. The molecule has 0 unspecified atom stereocenters. The topological polar surface area (TPSA) is 45.0 Å². The Morgan fingerprint density at radius 1 is 1.19 bits per heavy atom. The van der Waals surface area contributed by atoms with Gasteiger partial charge in [-0.15, -0.1) is 11.8 Å². The highest BCUT2D eigenvalue weighted by atomic mass is 32.2. The maximum atomic E-state index is 8.99. The van der Waals surface area contributed by atoms with Crippen LogP contribution in [0.1, 0.15) is 16.7 Å². The van der Waals surface area contributed by atoms with Crippen LogP contribution in [0.15, 0.2) is 47.4 Å². The van der Waals surface area contributed by atoms with E-state index in [1.165, 1.54) is 10.5 Å². The van der Waals surface area contributed by atoms with Gasteiger partial charge in [-0.2, -0.15) is 5.26 Å². The number of nitrogens with one attached hydrogen (secondary N) is 1. The quantitative estimate of drug-likeness (QED) is 0.828. The molecule has 4 heteroatoms. The first-order chi connectivity index (χ1) is 10.3. The van der Waals surface area contributed by atoms with Crippen LogP contribution in [0, 0.1) is 11.3 Å². The van der Waals surface area contributed by atoms with Gasteiger partial charge in [-0.1, -0.05) is 12.1 Å². The second-order valence-electron chi connectivity index (χ2n) is 4.60. The van der Waals surface area contributed by atoms with E-state index in [0.29, 0.717) is 5.56 Å². The molecule has 0 amide bonds. The summed E-state index contributed by atoms with van der Waals surface area (Å²) in [5.41, 5.74) is 2.97. The van der Waals surface area contributed by atoms with Crippen LogP contribution in [0.5, 0.6) is 5.75 Å². The molecule has 0 radical (unpaired) electrons. The van der Waals surface area contributed by atoms with Crippen LogP contribution in [0.2, 0.25) is 0 Å². The summed E-state index contributed by atoms with van der Waals surface area (Å²) in [6.07, 6.45) is 0. The molecule has 0 aliphatic heterocycles. The van der Waals surface area contributed by atoms with Gasteiger partial charge in [0.05, 0.1) is 18.7 Å². The molecule has 0 spiro atoms. The van der Waals surface area contributed by atoms with Gasteiger partial charge in [0.2, 0.25) is 0 Å². The Labute approximate surface area is 129 Å². The van der Waals surface area contributed by atoms with E-state index in [1.54, 1.807) is 24.9 Å². The summed E-state index contributed by atoms with van der Waals surface area (Å²) in [6.45, 7) is 0.878. The van der Waals surface area contributed by atoms with Crippen molar-refractivity contribution in [1.82, 2.24) is 5.32 Å². The lowest BCUT2D eigenvalue weighted by molar-refractivity contribution is 0.411. The number of methoxy groups -OCH3 is 1. The molecule has 0 atom stereocenters. The summed E-state index contributed by atoms with van der Waals surface area (Å²) < 4.78 is 5.35. The predicted octanol–water partition coefficient (Wildman–Crippen LogP) is 3.58. The smallest absolute Gasteiger partial charge is 0.122 e. The predicted molar refractivity (Wildman–Crippen MR) is 86.5 cm³/mol. The molecule has 108 valence electrons. The first kappa shape index (κ1) is 15.4. The van der Waals surface area contributed by atoms with E-state index in [9.17, 15) is 0 Å². The van der Waals surface area contributed by atoms with Crippen LogP contribution in [0.25, 0.3) is 0 Å². The molecule has 3 nitrogen and oxygen atoms in total. The molecule has 0 fully saturated rings. The highest BCUT2D eigenvalue weighted by molar-refractivity contribution is 7.98. The highest BCUT2D eigenvalue weighted by Crippen LogP contribution is 2.28. The number of hydrogen-bond acceptors (Lipinski definition) is 4. The Balaban J connectivity index is 2.07. The van der Waals surface area contributed by atoms with Crippen molar-refractivity contribution in [2.75, 3.05) is 14.2 Å². The number of benzene rings is 2. The maximum Gasteiger partial charge on any atom is 0.122 e. The molecule has 21 heavy (non-hydrogen) atoms. The second-order valence-corrected chi connectivity index (χ2v) is 5.65. The largest absolute Gasteiger partial charge is 0.496 e. The number of ether oxygens (including phenoxy) is 1. The number of nitrogens with zero attached hydrogens (tertiary/aromatic N) is 1. The van der Waals surface area contributed by atoms with Crippen LogP contribution in [0.4, 0.5) is 0 Å². The van der Waals surface area contributed by atoms with E-state index in [4.69, 9.17) is 10.00 Å². The fourth-order valence-electron chi connectivity index (χ4n) is 2.03. The van der Waals surface area contributed by atoms with Gasteiger partial charge in [0.15, 0.2) is 0 Å². The third-order valence-electron chi connectivity index (χ3n) is 3.11. The first-order valence-electron chi connectivity index (χ1n) is 6.70. The van der Waals surface area contributed by atoms with E-state index in [0.717, 1.165) is 23.6 Å². The van der Waals surface area contributed by atoms with Crippen molar-refractivity contribution in [3.05, 3.63) is 59.2 Å². The Morgan fingerprint density at radius 3 is 2.57 bits per heavy atom. The number of nitriles is 1. The lowest BCUT2D eigenvalue weighted by Crippen LogP contribution is -2.04. The minimum absolute atomic E-state index is 0.663. The molecule has 0 aliphatic carbocycles. The zero-order valence-corrected chi connectivity index (χ0v) is 13.0. The van der Waals surface area contributed by atoms with Gasteiger partial charge in [-0.25, -0.2) is 0 Å². The molecule has 2 aromatic carbocycles. The summed E-state index contributed by atoms with van der Waals surface area (Å²) in [7, 11) is 3.60. The van der Waals surface area contributed by atoms with Crippen molar-refractivity contribution in [1.29, 1.82) is 5.26 Å². The van der Waals surface area contributed by atoms with E-state index < -0.39 is 0 Å². The number of rotatable bonds is 6. The maximum absolute atomic E-state index is 8.99. The zero-order chi connectivity index (χ0) is 15.1. The molecule has 0 saturated heterocycles. The Kier molecular flexibility index (Phi) is 5.68. The third-order valence-corrected chi connectivity index (χ3v) is 4.17. The van der Waals surface area contributed by atoms with Crippen molar-refractivity contribution >= 4 is 11.8 Å². The highest BCUT2D eigenvalue weighted by Gasteiger charge is 2.05. The summed E-state index contributed by atoms with van der Waals surface area (Å²) >= 11 is 1.74. The number of hydrogen-bond donors (Lipinski definition) is 1. The lowest BCUT2D eigenvalue weighted by Gasteiger charge is -2.09. The summed E-state index contributed by atoms with van der Waals surface area (Å²) in [6, 6.07) is 16.2. The molecule has 0 saturated carbocycles. The second kappa shape index (κ2) is 7.72. The SMILES string of the molecule is CNCc1ccc(SCc2cc(C#N)ccc2OC)cc1. The van der Waals surface area contributed by atoms with Crippen molar-refractivity contribution in [2.24, 2.45) is 0 Å². The fraction of sp³-hybridized carbons (Fsp3) is 0.235. The van der Waals surface area contributed by atoms with Gasteiger partial charge in [0, 0.05) is 22.8 Å². The van der Waals surface area contributed by atoms with Crippen molar-refractivity contribution in [3.8, 4) is 11.8 Å². The van der Waals surface area contributed by atoms with Crippen LogP contribution < -0.4 is 10.1 Å². The van der Waals surface area contributed by atoms with E-state index in [-0.39, 0.29) is 0 Å². The summed E-state index contributed by atoms with van der Waals surface area (Å²) in [5.74, 6) is 1.61. The molecule has 1 N–H and O–H groups in total. The van der Waals surface area contributed by atoms with Gasteiger partial charge in [0.1, 0.15) is 5.75 Å². The van der Waals surface area contributed by atoms with E-state index in [1.807, 2.05) is 19.2 Å². The van der Waals surface area contributed by atoms with Crippen LogP contribution in [-0.2, 0) is 12.3 Å². The average Bonchev–Trinajstić information content (AvgIpc) is 2.54. The van der Waals surface area contributed by atoms with Crippen LogP contribution in [0.3, 0.4) is 0 Å². The minimum Gasteiger partial charge on any atom is -0.496 e. The Morgan fingerprint density at radius 2 is 1.95 bits per heavy atom. The molecule has 0 bridgehead atoms. The molecule has 2 rings (SSSR count). The molecular formula is C17H18N2OS. The van der Waals surface area contributed by atoms with Crippen LogP contribution in [-0.4, -0.2) is 14.2 Å². The molecule has 0 aliphatic rings. The number of thioether (sulfide) groups is 1. The van der Waals surface area contributed by atoms with Crippen molar-refractivity contribution in [2.45, 2.75) is 17.2 Å². The lowest BCUT2D eigenvalue weighted by atomic mass is 10.1. The van der Waals surface area contributed by atoms with Gasteiger partial charge in [-0.3, -0.25) is 0 Å². The van der Waals surface area contributed by atoms with Crippen molar-refractivity contribution < 1.29 is 4.74 Å². The normalized spacial score (nSPS) is 10.1. The van der Waals surface area contributed by atoms with Crippen molar-refractivity contribution in [3.63, 3.8) is 0 Å². The third kappa shape index (κ3) is 4.25. The first-order valence-corrected chi connectivity index (χ1v) is 7.68. The van der Waals surface area contributed by atoms with E-state index >= 15 is 0 Å². The Bertz CT molecular complexity index is 632. The summed E-state index contributed by atoms with van der Waals surface area (Å²) in [4.78, 5) is 1.21. The fourth-order valence-corrected chi connectivity index (χ4v) is 2.91. The van der Waals surface area contributed by atoms with Crippen LogP contribution >= 0.6 is 11.8 Å². The molecular weight excluding hydrogens is 280 g/mol. The minimum atomic E-state index is 0.663. The summed E-state index contributed by atoms with van der Waals surface area (Å²) in [5, 5.41) is 12.1. The molecule has 0 aromatic heterocycles. The zero-order valence-electron chi connectivity index (χ0n) is 12.2. The molecule has 0 heterocycles. The molecule has 2 aromatic rings. The van der Waals surface area contributed by atoms with E-state index in [2.05, 4.69) is 35.7 Å². The van der Waals surface area contributed by atoms with Gasteiger partial charge < -0.3 is 10.1 Å². The Hall–Kier alpha value is -1.96. The van der Waals surface area contributed by atoms with Gasteiger partial charge >= 0.3 is 0 Å².